The molecule has 0 saturated heterocycles. The summed E-state index contributed by atoms with van der Waals surface area (Å²) in [5.41, 5.74) is 1.48. The summed E-state index contributed by atoms with van der Waals surface area (Å²) in [6, 6.07) is 21.5. The maximum Gasteiger partial charge on any atom is 0.242 e. The van der Waals surface area contributed by atoms with Crippen molar-refractivity contribution in [1.29, 1.82) is 0 Å². The van der Waals surface area contributed by atoms with Crippen LogP contribution in [0.5, 0.6) is 0 Å². The molecule has 0 saturated carbocycles. The quantitative estimate of drug-likeness (QED) is 0.482. The highest BCUT2D eigenvalue weighted by Crippen LogP contribution is 2.25. The summed E-state index contributed by atoms with van der Waals surface area (Å²) in [5.74, 6) is -0.433. The van der Waals surface area contributed by atoms with Gasteiger partial charge in [-0.2, -0.15) is 4.72 Å². The summed E-state index contributed by atoms with van der Waals surface area (Å²) < 4.78 is 28.3. The molecule has 0 aromatic heterocycles. The van der Waals surface area contributed by atoms with Gasteiger partial charge in [0.1, 0.15) is 6.04 Å². The van der Waals surface area contributed by atoms with Crippen molar-refractivity contribution >= 4 is 45.0 Å². The van der Waals surface area contributed by atoms with Crippen molar-refractivity contribution in [3.05, 3.63) is 89.4 Å². The maximum absolute atomic E-state index is 13.1. The summed E-state index contributed by atoms with van der Waals surface area (Å²) in [6.07, 6.45) is 2.12. The Morgan fingerprint density at radius 3 is 2.27 bits per heavy atom. The molecule has 0 aliphatic rings. The smallest absolute Gasteiger partial charge is 0.242 e. The first kappa shape index (κ1) is 22.4. The number of para-hydroxylation sites is 1. The van der Waals surface area contributed by atoms with Gasteiger partial charge in [-0.15, -0.1) is 11.8 Å². The zero-order valence-electron chi connectivity index (χ0n) is 16.2. The summed E-state index contributed by atoms with van der Waals surface area (Å²) in [7, 11) is -3.92. The first-order valence-corrected chi connectivity index (χ1v) is 12.2. The van der Waals surface area contributed by atoms with Crippen LogP contribution < -0.4 is 10.0 Å². The largest absolute Gasteiger partial charge is 0.324 e. The number of hydrogen-bond acceptors (Lipinski definition) is 4. The van der Waals surface area contributed by atoms with E-state index in [-0.39, 0.29) is 11.3 Å². The average Bonchev–Trinajstić information content (AvgIpc) is 2.74. The molecule has 0 bridgehead atoms. The molecule has 1 atom stereocenters. The molecule has 3 aromatic carbocycles. The third-order valence-electron chi connectivity index (χ3n) is 4.39. The predicted molar refractivity (Wildman–Crippen MR) is 123 cm³/mol. The average molecular weight is 461 g/mol. The van der Waals surface area contributed by atoms with E-state index in [2.05, 4.69) is 10.0 Å². The first-order valence-electron chi connectivity index (χ1n) is 9.15. The molecule has 0 fully saturated rings. The molecular formula is C22H21ClN2O3S2. The van der Waals surface area contributed by atoms with Crippen LogP contribution in [0.25, 0.3) is 0 Å². The molecule has 0 aliphatic heterocycles. The molecule has 3 aromatic rings. The van der Waals surface area contributed by atoms with Crippen molar-refractivity contribution < 1.29 is 13.2 Å². The van der Waals surface area contributed by atoms with E-state index in [1.165, 1.54) is 36.0 Å². The number of carbonyl (C=O) groups excluding carboxylic acids is 1. The lowest BCUT2D eigenvalue weighted by Crippen LogP contribution is -2.45. The number of amides is 1. The van der Waals surface area contributed by atoms with Gasteiger partial charge >= 0.3 is 0 Å². The van der Waals surface area contributed by atoms with Crippen LogP contribution >= 0.6 is 23.4 Å². The molecule has 1 amide bonds. The SMILES string of the molecule is CSc1ccccc1NC(=O)[C@H](Cc1ccccc1)NS(=O)(=O)c1ccc(Cl)cc1. The minimum atomic E-state index is -3.92. The first-order chi connectivity index (χ1) is 14.4. The second-order valence-corrected chi connectivity index (χ2v) is 9.51. The van der Waals surface area contributed by atoms with Crippen LogP contribution in [0.15, 0.2) is 88.7 Å². The number of hydrogen-bond donors (Lipinski definition) is 2. The van der Waals surface area contributed by atoms with E-state index < -0.39 is 22.0 Å². The maximum atomic E-state index is 13.1. The van der Waals surface area contributed by atoms with Crippen molar-refractivity contribution in [2.75, 3.05) is 11.6 Å². The normalized spacial score (nSPS) is 12.3. The summed E-state index contributed by atoms with van der Waals surface area (Å²) in [5, 5.41) is 3.29. The summed E-state index contributed by atoms with van der Waals surface area (Å²) in [6.45, 7) is 0. The minimum absolute atomic E-state index is 0.0438. The van der Waals surface area contributed by atoms with Gasteiger partial charge < -0.3 is 5.32 Å². The van der Waals surface area contributed by atoms with E-state index >= 15 is 0 Å². The number of anilines is 1. The molecule has 156 valence electrons. The van der Waals surface area contributed by atoms with E-state index in [0.717, 1.165) is 10.5 Å². The van der Waals surface area contributed by atoms with Crippen LogP contribution in [0.2, 0.25) is 5.02 Å². The Balaban J connectivity index is 1.88. The van der Waals surface area contributed by atoms with E-state index in [4.69, 9.17) is 11.6 Å². The topological polar surface area (TPSA) is 75.3 Å². The van der Waals surface area contributed by atoms with Gasteiger partial charge in [0.25, 0.3) is 0 Å². The monoisotopic (exact) mass is 460 g/mol. The van der Waals surface area contributed by atoms with E-state index in [0.29, 0.717) is 10.7 Å². The van der Waals surface area contributed by atoms with Crippen molar-refractivity contribution in [2.45, 2.75) is 22.3 Å². The van der Waals surface area contributed by atoms with Crippen LogP contribution in [0, 0.1) is 0 Å². The van der Waals surface area contributed by atoms with Crippen LogP contribution in [-0.2, 0) is 21.2 Å². The number of thioether (sulfide) groups is 1. The van der Waals surface area contributed by atoms with Crippen LogP contribution in [0.3, 0.4) is 0 Å². The fraction of sp³-hybridized carbons (Fsp3) is 0.136. The van der Waals surface area contributed by atoms with Crippen molar-refractivity contribution in [3.8, 4) is 0 Å². The highest BCUT2D eigenvalue weighted by molar-refractivity contribution is 7.98. The molecule has 5 nitrogen and oxygen atoms in total. The molecular weight excluding hydrogens is 440 g/mol. The third-order valence-corrected chi connectivity index (χ3v) is 6.92. The Bertz CT molecular complexity index is 1100. The van der Waals surface area contributed by atoms with Crippen molar-refractivity contribution in [2.24, 2.45) is 0 Å². The van der Waals surface area contributed by atoms with Gasteiger partial charge in [-0.25, -0.2) is 8.42 Å². The highest BCUT2D eigenvalue weighted by Gasteiger charge is 2.26. The standard InChI is InChI=1S/C22H21ClN2O3S2/c1-29-21-10-6-5-9-19(21)24-22(26)20(15-16-7-3-2-4-8-16)25-30(27,28)18-13-11-17(23)12-14-18/h2-14,20,25H,15H2,1H3,(H,24,26)/t20-/m0/s1. The Morgan fingerprint density at radius 2 is 1.60 bits per heavy atom. The van der Waals surface area contributed by atoms with Gasteiger partial charge in [0.15, 0.2) is 0 Å². The molecule has 0 spiro atoms. The molecule has 0 radical (unpaired) electrons. The third kappa shape index (κ3) is 5.86. The summed E-state index contributed by atoms with van der Waals surface area (Å²) >= 11 is 7.36. The lowest BCUT2D eigenvalue weighted by Gasteiger charge is -2.20. The van der Waals surface area contributed by atoms with Gasteiger partial charge in [-0.1, -0.05) is 54.1 Å². The lowest BCUT2D eigenvalue weighted by atomic mass is 10.1. The zero-order chi connectivity index (χ0) is 21.6. The number of nitrogens with one attached hydrogen (secondary N) is 2. The molecule has 30 heavy (non-hydrogen) atoms. The number of carbonyl (C=O) groups is 1. The van der Waals surface area contributed by atoms with Gasteiger partial charge in [-0.05, 0) is 54.6 Å². The fourth-order valence-electron chi connectivity index (χ4n) is 2.87. The van der Waals surface area contributed by atoms with Crippen molar-refractivity contribution in [1.82, 2.24) is 4.72 Å². The summed E-state index contributed by atoms with van der Waals surface area (Å²) in [4.78, 5) is 14.0. The number of sulfonamides is 1. The predicted octanol–water partition coefficient (Wildman–Crippen LogP) is 4.59. The van der Waals surface area contributed by atoms with E-state index in [9.17, 15) is 13.2 Å². The fourth-order valence-corrected chi connectivity index (χ4v) is 4.75. The van der Waals surface area contributed by atoms with Gasteiger partial charge in [-0.3, -0.25) is 4.79 Å². The molecule has 0 heterocycles. The van der Waals surface area contributed by atoms with Crippen molar-refractivity contribution in [3.63, 3.8) is 0 Å². The Labute approximate surface area is 185 Å². The Hall–Kier alpha value is -2.32. The molecule has 3 rings (SSSR count). The van der Waals surface area contributed by atoms with E-state index in [1.807, 2.05) is 54.8 Å². The molecule has 0 aliphatic carbocycles. The van der Waals surface area contributed by atoms with Crippen LogP contribution in [0.4, 0.5) is 5.69 Å². The van der Waals surface area contributed by atoms with Gasteiger partial charge in [0, 0.05) is 9.92 Å². The second kappa shape index (κ2) is 10.1. The Kier molecular flexibility index (Phi) is 7.55. The Morgan fingerprint density at radius 1 is 0.967 bits per heavy atom. The van der Waals surface area contributed by atoms with E-state index in [1.54, 1.807) is 6.07 Å². The lowest BCUT2D eigenvalue weighted by molar-refractivity contribution is -0.117. The zero-order valence-corrected chi connectivity index (χ0v) is 18.6. The minimum Gasteiger partial charge on any atom is -0.324 e. The van der Waals surface area contributed by atoms with Crippen LogP contribution in [-0.4, -0.2) is 26.6 Å². The number of rotatable bonds is 8. The second-order valence-electron chi connectivity index (χ2n) is 6.51. The molecule has 2 N–H and O–H groups in total. The van der Waals surface area contributed by atoms with Gasteiger partial charge in [0.05, 0.1) is 10.6 Å². The van der Waals surface area contributed by atoms with Gasteiger partial charge in [0.2, 0.25) is 15.9 Å². The number of halogens is 1. The number of benzene rings is 3. The van der Waals surface area contributed by atoms with Crippen LogP contribution in [0.1, 0.15) is 5.56 Å². The molecule has 0 unspecified atom stereocenters. The highest BCUT2D eigenvalue weighted by atomic mass is 35.5. The molecule has 8 heteroatoms.